The Labute approximate surface area is 135 Å². The van der Waals surface area contributed by atoms with Crippen LogP contribution in [0.1, 0.15) is 44.9 Å². The minimum absolute atomic E-state index is 0.175. The van der Waals surface area contributed by atoms with Gasteiger partial charge in [0.1, 0.15) is 10.5 Å². The molecule has 0 spiro atoms. The Morgan fingerprint density at radius 3 is 2.30 bits per heavy atom. The highest BCUT2D eigenvalue weighted by Gasteiger charge is 2.33. The molecule has 0 fully saturated rings. The summed E-state index contributed by atoms with van der Waals surface area (Å²) in [5, 5.41) is 0. The maximum Gasteiger partial charge on any atom is 0.416 e. The molecule has 0 radical (unpaired) electrons. The van der Waals surface area contributed by atoms with Gasteiger partial charge in [-0.25, -0.2) is 4.79 Å². The minimum Gasteiger partial charge on any atom is -0.598 e. The van der Waals surface area contributed by atoms with E-state index in [4.69, 9.17) is 5.73 Å². The number of primary amides is 1. The van der Waals surface area contributed by atoms with Gasteiger partial charge in [0.25, 0.3) is 0 Å². The number of ether oxygens (including phenoxy) is 1. The van der Waals surface area contributed by atoms with E-state index >= 15 is 0 Å². The van der Waals surface area contributed by atoms with Gasteiger partial charge in [-0.1, -0.05) is 0 Å². The Hall–Kier alpha value is -1.45. The molecule has 1 rings (SSSR count). The Morgan fingerprint density at radius 1 is 1.30 bits per heavy atom. The average Bonchev–Trinajstić information content (AvgIpc) is 2.35. The van der Waals surface area contributed by atoms with Gasteiger partial charge in [0.15, 0.2) is 0 Å². The van der Waals surface area contributed by atoms with Crippen molar-refractivity contribution >= 4 is 17.5 Å². The second-order valence-corrected chi connectivity index (χ2v) is 7.93. The third kappa shape index (κ3) is 5.92. The van der Waals surface area contributed by atoms with Crippen LogP contribution >= 0.6 is 0 Å². The zero-order valence-electron chi connectivity index (χ0n) is 13.2. The summed E-state index contributed by atoms with van der Waals surface area (Å²) in [6.07, 6.45) is -5.83. The molecule has 0 saturated carbocycles. The van der Waals surface area contributed by atoms with E-state index in [1.165, 1.54) is 6.07 Å². The molecular weight excluding hydrogens is 333 g/mol. The van der Waals surface area contributed by atoms with E-state index in [0.717, 1.165) is 6.07 Å². The summed E-state index contributed by atoms with van der Waals surface area (Å²) in [6, 6.07) is 2.18. The van der Waals surface area contributed by atoms with Gasteiger partial charge in [0.05, 0.1) is 11.6 Å². The normalized spacial score (nSPS) is 15.1. The lowest BCUT2D eigenvalue weighted by Gasteiger charge is -2.27. The molecule has 0 bridgehead atoms. The lowest BCUT2D eigenvalue weighted by atomic mass is 10.0. The summed E-state index contributed by atoms with van der Waals surface area (Å²) < 4.78 is 57.6. The van der Waals surface area contributed by atoms with Gasteiger partial charge < -0.3 is 15.0 Å². The van der Waals surface area contributed by atoms with E-state index in [1.807, 2.05) is 0 Å². The molecule has 0 aromatic heterocycles. The SMILES string of the molecule is CC(N[S@@+]([O-])C(C)(C)C)c1cc(OC(N)=O)cc(C(F)(F)F)c1. The Kier molecular flexibility index (Phi) is 5.95. The van der Waals surface area contributed by atoms with E-state index in [0.29, 0.717) is 6.07 Å². The van der Waals surface area contributed by atoms with Crippen LogP contribution in [-0.4, -0.2) is 15.4 Å². The van der Waals surface area contributed by atoms with E-state index < -0.39 is 40.0 Å². The highest BCUT2D eigenvalue weighted by Crippen LogP contribution is 2.34. The average molecular weight is 352 g/mol. The van der Waals surface area contributed by atoms with E-state index in [2.05, 4.69) is 9.46 Å². The molecule has 3 N–H and O–H groups in total. The van der Waals surface area contributed by atoms with Crippen molar-refractivity contribution in [1.82, 2.24) is 4.72 Å². The first-order valence-corrected chi connectivity index (χ1v) is 7.83. The Morgan fingerprint density at radius 2 is 1.87 bits per heavy atom. The number of benzene rings is 1. The number of carbonyl (C=O) groups is 1. The standard InChI is InChI=1S/C14H19F3N2O3S/c1-8(19-23(21)13(2,3)4)9-5-10(14(15,16)17)7-11(6-9)22-12(18)20/h5-8,19H,1-4H3,(H2,18,20)/t8?,23-/m0/s1. The first-order chi connectivity index (χ1) is 10.3. The highest BCUT2D eigenvalue weighted by atomic mass is 32.2. The summed E-state index contributed by atoms with van der Waals surface area (Å²) in [7, 11) is 0. The number of alkyl halides is 3. The molecule has 5 nitrogen and oxygen atoms in total. The summed E-state index contributed by atoms with van der Waals surface area (Å²) in [4.78, 5) is 10.8. The maximum absolute atomic E-state index is 12.9. The van der Waals surface area contributed by atoms with Crippen molar-refractivity contribution in [3.63, 3.8) is 0 Å². The van der Waals surface area contributed by atoms with Gasteiger partial charge >= 0.3 is 12.3 Å². The van der Waals surface area contributed by atoms with Gasteiger partial charge in [-0.2, -0.15) is 13.2 Å². The zero-order chi connectivity index (χ0) is 18.0. The van der Waals surface area contributed by atoms with Crippen LogP contribution in [0.25, 0.3) is 0 Å². The number of carbonyl (C=O) groups excluding carboxylic acids is 1. The molecule has 1 unspecified atom stereocenters. The number of amides is 1. The summed E-state index contributed by atoms with van der Waals surface area (Å²) in [5.74, 6) is -0.322. The molecule has 0 aliphatic rings. The van der Waals surface area contributed by atoms with Crippen LogP contribution in [0.4, 0.5) is 18.0 Å². The maximum atomic E-state index is 12.9. The van der Waals surface area contributed by atoms with Crippen LogP contribution in [0.2, 0.25) is 0 Å². The third-order valence-corrected chi connectivity index (χ3v) is 4.49. The Bertz CT molecular complexity index is 573. The summed E-state index contributed by atoms with van der Waals surface area (Å²) in [6.45, 7) is 6.76. The molecule has 0 aliphatic carbocycles. The first kappa shape index (κ1) is 19.6. The molecule has 1 amide bonds. The lowest BCUT2D eigenvalue weighted by Crippen LogP contribution is -2.40. The largest absolute Gasteiger partial charge is 0.598 e. The van der Waals surface area contributed by atoms with Crippen LogP contribution in [0.5, 0.6) is 5.75 Å². The van der Waals surface area contributed by atoms with Crippen LogP contribution in [0.3, 0.4) is 0 Å². The van der Waals surface area contributed by atoms with Gasteiger partial charge in [0.2, 0.25) is 0 Å². The third-order valence-electron chi connectivity index (χ3n) is 2.81. The van der Waals surface area contributed by atoms with Crippen LogP contribution in [-0.2, 0) is 17.5 Å². The molecule has 0 saturated heterocycles. The summed E-state index contributed by atoms with van der Waals surface area (Å²) >= 11 is -1.48. The molecule has 0 aliphatic heterocycles. The van der Waals surface area contributed by atoms with E-state index in [1.54, 1.807) is 27.7 Å². The van der Waals surface area contributed by atoms with Crippen LogP contribution in [0, 0.1) is 0 Å². The van der Waals surface area contributed by atoms with Crippen molar-refractivity contribution in [2.75, 3.05) is 0 Å². The quantitative estimate of drug-likeness (QED) is 0.814. The second-order valence-electron chi connectivity index (χ2n) is 5.93. The number of hydrogen-bond donors (Lipinski definition) is 2. The van der Waals surface area contributed by atoms with Crippen molar-refractivity contribution < 1.29 is 27.3 Å². The predicted molar refractivity (Wildman–Crippen MR) is 81.1 cm³/mol. The van der Waals surface area contributed by atoms with E-state index in [-0.39, 0.29) is 11.3 Å². The van der Waals surface area contributed by atoms with E-state index in [9.17, 15) is 22.5 Å². The van der Waals surface area contributed by atoms with Gasteiger partial charge in [0, 0.05) is 11.4 Å². The molecule has 23 heavy (non-hydrogen) atoms. The number of nitrogens with one attached hydrogen (secondary N) is 1. The highest BCUT2D eigenvalue weighted by molar-refractivity contribution is 7.90. The monoisotopic (exact) mass is 352 g/mol. The fraction of sp³-hybridized carbons (Fsp3) is 0.500. The zero-order valence-corrected chi connectivity index (χ0v) is 14.0. The van der Waals surface area contributed by atoms with Gasteiger partial charge in [-0.3, -0.25) is 0 Å². The molecule has 130 valence electrons. The minimum atomic E-state index is -4.62. The van der Waals surface area contributed by atoms with Crippen LogP contribution in [0.15, 0.2) is 18.2 Å². The number of rotatable bonds is 4. The fourth-order valence-corrected chi connectivity index (χ4v) is 2.43. The van der Waals surface area contributed by atoms with Crippen molar-refractivity contribution in [1.29, 1.82) is 0 Å². The Balaban J connectivity index is 3.16. The fourth-order valence-electron chi connectivity index (χ4n) is 1.62. The molecule has 2 atom stereocenters. The van der Waals surface area contributed by atoms with Crippen LogP contribution < -0.4 is 15.2 Å². The van der Waals surface area contributed by atoms with Crippen molar-refractivity contribution in [3.8, 4) is 5.75 Å². The van der Waals surface area contributed by atoms with Gasteiger partial charge in [-0.15, -0.1) is 4.72 Å². The second kappa shape index (κ2) is 6.98. The van der Waals surface area contributed by atoms with Gasteiger partial charge in [-0.05, 0) is 51.5 Å². The topological polar surface area (TPSA) is 87.4 Å². The molecule has 1 aromatic carbocycles. The van der Waals surface area contributed by atoms with Crippen molar-refractivity contribution in [2.24, 2.45) is 5.73 Å². The van der Waals surface area contributed by atoms with Crippen molar-refractivity contribution in [2.45, 2.75) is 44.7 Å². The lowest BCUT2D eigenvalue weighted by molar-refractivity contribution is -0.137. The smallest absolute Gasteiger partial charge is 0.416 e. The molecule has 1 aromatic rings. The number of halogens is 3. The predicted octanol–water partition coefficient (Wildman–Crippen LogP) is 3.28. The van der Waals surface area contributed by atoms with Crippen molar-refractivity contribution in [3.05, 3.63) is 29.3 Å². The number of hydrogen-bond acceptors (Lipinski definition) is 4. The molecule has 9 heteroatoms. The summed E-state index contributed by atoms with van der Waals surface area (Å²) in [5.41, 5.74) is 4.03. The molecule has 0 heterocycles. The first-order valence-electron chi connectivity index (χ1n) is 6.68. The molecular formula is C14H19F3N2O3S. The number of nitrogens with two attached hydrogens (primary N) is 1.